The highest BCUT2D eigenvalue weighted by atomic mass is 32.1. The summed E-state index contributed by atoms with van der Waals surface area (Å²) >= 11 is 1.83. The second-order valence-corrected chi connectivity index (χ2v) is 8.22. The van der Waals surface area contributed by atoms with Crippen LogP contribution in [0, 0.1) is 0 Å². The average molecular weight is 333 g/mol. The van der Waals surface area contributed by atoms with Crippen molar-refractivity contribution in [3.8, 4) is 0 Å². The van der Waals surface area contributed by atoms with Crippen molar-refractivity contribution >= 4 is 27.4 Å². The molecule has 2 aromatic rings. The van der Waals surface area contributed by atoms with Crippen molar-refractivity contribution in [1.29, 1.82) is 0 Å². The van der Waals surface area contributed by atoms with E-state index in [0.29, 0.717) is 0 Å². The molecule has 2 aliphatic rings. The third-order valence-corrected chi connectivity index (χ3v) is 6.93. The first-order chi connectivity index (χ1) is 11.3. The zero-order chi connectivity index (χ0) is 15.6. The summed E-state index contributed by atoms with van der Waals surface area (Å²) in [5, 5.41) is 1.30. The Bertz CT molecular complexity index is 654. The maximum absolute atomic E-state index is 4.67. The van der Waals surface area contributed by atoms with E-state index < -0.39 is 0 Å². The minimum absolute atomic E-state index is 0.934. The summed E-state index contributed by atoms with van der Waals surface area (Å²) < 4.78 is 0. The van der Waals surface area contributed by atoms with Gasteiger partial charge in [0.1, 0.15) is 37.3 Å². The molecule has 0 radical (unpaired) electrons. The van der Waals surface area contributed by atoms with E-state index in [0.717, 1.165) is 12.5 Å². The van der Waals surface area contributed by atoms with E-state index in [4.69, 9.17) is 0 Å². The fraction of sp³-hybridized carbons (Fsp3) is 0.667. The van der Waals surface area contributed by atoms with Crippen LogP contribution in [0.1, 0.15) is 43.9 Å². The van der Waals surface area contributed by atoms with Gasteiger partial charge in [0, 0.05) is 4.88 Å². The van der Waals surface area contributed by atoms with Crippen molar-refractivity contribution in [2.24, 2.45) is 0 Å². The Morgan fingerprint density at radius 3 is 2.61 bits per heavy atom. The van der Waals surface area contributed by atoms with E-state index >= 15 is 0 Å². The van der Waals surface area contributed by atoms with Gasteiger partial charge in [0.2, 0.25) is 5.82 Å². The number of nitrogens with one attached hydrogen (secondary N) is 2. The fourth-order valence-corrected chi connectivity index (χ4v) is 5.33. The number of quaternary nitrogens is 2. The van der Waals surface area contributed by atoms with Gasteiger partial charge >= 0.3 is 0 Å². The van der Waals surface area contributed by atoms with Crippen LogP contribution in [0.3, 0.4) is 0 Å². The van der Waals surface area contributed by atoms with Gasteiger partial charge in [-0.25, -0.2) is 4.98 Å². The highest BCUT2D eigenvalue weighted by molar-refractivity contribution is 7.18. The molecule has 1 aliphatic heterocycles. The van der Waals surface area contributed by atoms with Crippen molar-refractivity contribution in [3.63, 3.8) is 0 Å². The van der Waals surface area contributed by atoms with Crippen LogP contribution in [0.2, 0.25) is 0 Å². The first-order valence-electron chi connectivity index (χ1n) is 9.28. The molecule has 124 valence electrons. The molecule has 2 fully saturated rings. The smallest absolute Gasteiger partial charge is 0.238 e. The lowest BCUT2D eigenvalue weighted by atomic mass is 9.94. The molecule has 23 heavy (non-hydrogen) atoms. The second kappa shape index (κ2) is 6.83. The maximum Gasteiger partial charge on any atom is 0.238 e. The SMILES string of the molecule is CCc1cc2c([NH+]3CC[NH+](C4CCCCC4)CC3)ncnc2s1. The molecule has 0 spiro atoms. The summed E-state index contributed by atoms with van der Waals surface area (Å²) in [7, 11) is 0. The third kappa shape index (κ3) is 3.14. The van der Waals surface area contributed by atoms with Gasteiger partial charge in [0.25, 0.3) is 0 Å². The first-order valence-corrected chi connectivity index (χ1v) is 10.1. The molecular weight excluding hydrogens is 304 g/mol. The molecule has 4 nitrogen and oxygen atoms in total. The summed E-state index contributed by atoms with van der Waals surface area (Å²) in [5.41, 5.74) is 0. The van der Waals surface area contributed by atoms with E-state index in [1.54, 1.807) is 11.2 Å². The summed E-state index contributed by atoms with van der Waals surface area (Å²) in [6.45, 7) is 7.26. The van der Waals surface area contributed by atoms with Gasteiger partial charge in [0.15, 0.2) is 0 Å². The van der Waals surface area contributed by atoms with Crippen molar-refractivity contribution in [3.05, 3.63) is 17.3 Å². The molecule has 1 aliphatic carbocycles. The quantitative estimate of drug-likeness (QED) is 0.879. The zero-order valence-corrected chi connectivity index (χ0v) is 14.9. The van der Waals surface area contributed by atoms with E-state index in [2.05, 4.69) is 23.0 Å². The van der Waals surface area contributed by atoms with Gasteiger partial charge in [-0.3, -0.25) is 4.90 Å². The minimum Gasteiger partial charge on any atom is -0.323 e. The van der Waals surface area contributed by atoms with Gasteiger partial charge in [-0.2, -0.15) is 4.98 Å². The van der Waals surface area contributed by atoms with Crippen LogP contribution in [-0.4, -0.2) is 42.2 Å². The average Bonchev–Trinajstić information content (AvgIpc) is 3.06. The number of fused-ring (bicyclic) bond motifs is 1. The Kier molecular flexibility index (Phi) is 4.60. The van der Waals surface area contributed by atoms with Crippen LogP contribution in [0.25, 0.3) is 10.2 Å². The number of thiophene rings is 1. The van der Waals surface area contributed by atoms with Gasteiger partial charge < -0.3 is 4.90 Å². The molecule has 0 atom stereocenters. The van der Waals surface area contributed by atoms with Gasteiger partial charge in [0.05, 0.1) is 11.4 Å². The number of piperazine rings is 1. The Morgan fingerprint density at radius 1 is 1.09 bits per heavy atom. The van der Waals surface area contributed by atoms with Crippen molar-refractivity contribution in [2.45, 2.75) is 51.5 Å². The van der Waals surface area contributed by atoms with Crippen molar-refractivity contribution in [1.82, 2.24) is 9.97 Å². The van der Waals surface area contributed by atoms with Gasteiger partial charge in [-0.15, -0.1) is 11.3 Å². The van der Waals surface area contributed by atoms with Crippen LogP contribution >= 0.6 is 11.3 Å². The topological polar surface area (TPSA) is 34.7 Å². The highest BCUT2D eigenvalue weighted by Crippen LogP contribution is 2.26. The fourth-order valence-electron chi connectivity index (χ4n) is 4.39. The molecule has 2 aromatic heterocycles. The number of hydrogen-bond acceptors (Lipinski definition) is 3. The monoisotopic (exact) mass is 332 g/mol. The summed E-state index contributed by atoms with van der Waals surface area (Å²) in [6, 6.07) is 3.26. The molecule has 0 amide bonds. The summed E-state index contributed by atoms with van der Waals surface area (Å²) in [6.07, 6.45) is 10.1. The Labute approximate surface area is 142 Å². The molecular formula is C18H28N4S+2. The number of aromatic nitrogens is 2. The summed E-state index contributed by atoms with van der Waals surface area (Å²) in [5.74, 6) is 1.24. The van der Waals surface area contributed by atoms with Crippen LogP contribution in [0.15, 0.2) is 12.4 Å². The van der Waals surface area contributed by atoms with E-state index in [9.17, 15) is 0 Å². The zero-order valence-electron chi connectivity index (χ0n) is 14.1. The lowest BCUT2D eigenvalue weighted by Crippen LogP contribution is -3.28. The number of nitrogens with zero attached hydrogens (tertiary/aromatic N) is 2. The molecule has 2 N–H and O–H groups in total. The molecule has 0 bridgehead atoms. The predicted octanol–water partition coefficient (Wildman–Crippen LogP) is 1.00. The normalized spacial score (nSPS) is 26.7. The number of aryl methyl sites for hydroxylation is 1. The van der Waals surface area contributed by atoms with E-state index in [1.165, 1.54) is 79.2 Å². The molecule has 1 saturated carbocycles. The number of hydrogen-bond donors (Lipinski definition) is 2. The second-order valence-electron chi connectivity index (χ2n) is 7.10. The van der Waals surface area contributed by atoms with Gasteiger partial charge in [-0.05, 0) is 38.2 Å². The van der Waals surface area contributed by atoms with Crippen LogP contribution in [-0.2, 0) is 6.42 Å². The Hall–Kier alpha value is -1.04. The van der Waals surface area contributed by atoms with Crippen LogP contribution in [0.4, 0.5) is 5.82 Å². The van der Waals surface area contributed by atoms with E-state index in [-0.39, 0.29) is 0 Å². The van der Waals surface area contributed by atoms with Crippen LogP contribution in [0.5, 0.6) is 0 Å². The summed E-state index contributed by atoms with van der Waals surface area (Å²) in [4.78, 5) is 15.2. The number of rotatable bonds is 3. The maximum atomic E-state index is 4.67. The van der Waals surface area contributed by atoms with Crippen LogP contribution < -0.4 is 9.80 Å². The predicted molar refractivity (Wildman–Crippen MR) is 94.7 cm³/mol. The van der Waals surface area contributed by atoms with Gasteiger partial charge in [-0.1, -0.05) is 13.3 Å². The molecule has 4 rings (SSSR count). The Balaban J connectivity index is 1.48. The van der Waals surface area contributed by atoms with Crippen molar-refractivity contribution in [2.75, 3.05) is 26.2 Å². The largest absolute Gasteiger partial charge is 0.323 e. The first kappa shape index (κ1) is 15.5. The van der Waals surface area contributed by atoms with Crippen molar-refractivity contribution < 1.29 is 9.80 Å². The molecule has 0 unspecified atom stereocenters. The lowest BCUT2D eigenvalue weighted by Gasteiger charge is -2.35. The molecule has 0 aromatic carbocycles. The van der Waals surface area contributed by atoms with E-state index in [1.807, 2.05) is 16.2 Å². The molecule has 1 saturated heterocycles. The lowest BCUT2D eigenvalue weighted by molar-refractivity contribution is -1.00. The third-order valence-electron chi connectivity index (χ3n) is 5.74. The minimum atomic E-state index is 0.934. The standard InChI is InChI=1S/C18H26N4S/c1-2-15-12-16-17(19-13-20-18(16)23-15)22-10-8-21(9-11-22)14-6-4-3-5-7-14/h12-14H,2-11H2,1H3/p+2. The molecule has 5 heteroatoms. The highest BCUT2D eigenvalue weighted by Gasteiger charge is 2.32. The molecule has 3 heterocycles. The Morgan fingerprint density at radius 2 is 1.87 bits per heavy atom.